The molecule has 1 heterocycles. The van der Waals surface area contributed by atoms with Crippen molar-refractivity contribution in [1.29, 1.82) is 0 Å². The predicted octanol–water partition coefficient (Wildman–Crippen LogP) is 3.90. The molecule has 0 aliphatic heterocycles. The summed E-state index contributed by atoms with van der Waals surface area (Å²) in [6.07, 6.45) is 1.80. The Balaban J connectivity index is 2.06. The van der Waals surface area contributed by atoms with Gasteiger partial charge in [0.2, 0.25) is 0 Å². The third-order valence-corrected chi connectivity index (χ3v) is 4.23. The second-order valence-corrected chi connectivity index (χ2v) is 5.55. The third kappa shape index (κ3) is 2.59. The van der Waals surface area contributed by atoms with E-state index in [1.165, 1.54) is 11.5 Å². The number of carbonyl (C=O) groups is 1. The minimum atomic E-state index is -0.739. The summed E-state index contributed by atoms with van der Waals surface area (Å²) in [6.45, 7) is 6.18. The molecule has 3 aromatic rings. The molecule has 2 N–H and O–H groups in total. The second kappa shape index (κ2) is 6.29. The first-order chi connectivity index (χ1) is 11.6. The van der Waals surface area contributed by atoms with Crippen LogP contribution in [0.1, 0.15) is 27.2 Å². The van der Waals surface area contributed by atoms with Crippen molar-refractivity contribution in [2.75, 3.05) is 0 Å². The van der Waals surface area contributed by atoms with E-state index in [1.54, 1.807) is 12.1 Å². The maximum atomic E-state index is 14.4. The van der Waals surface area contributed by atoms with Crippen molar-refractivity contribution in [3.05, 3.63) is 77.2 Å². The molecule has 1 aromatic heterocycles. The third-order valence-electron chi connectivity index (χ3n) is 4.23. The maximum Gasteiger partial charge on any atom is 0.274 e. The Morgan fingerprint density at radius 2 is 2.08 bits per heavy atom. The largest absolute Gasteiger partial charge is 0.340 e. The Kier molecular flexibility index (Phi) is 4.18. The number of benzene rings is 2. The zero-order valence-electron chi connectivity index (χ0n) is 13.2. The monoisotopic (exact) mass is 324 g/mol. The molecule has 3 rings (SSSR count). The van der Waals surface area contributed by atoms with Gasteiger partial charge in [0.05, 0.1) is 6.54 Å². The summed E-state index contributed by atoms with van der Waals surface area (Å²) in [6, 6.07) is 12.1. The van der Waals surface area contributed by atoms with E-state index in [9.17, 15) is 9.18 Å². The van der Waals surface area contributed by atoms with Crippen LogP contribution in [-0.4, -0.2) is 15.7 Å². The SMILES string of the molecule is C=Cc1c(C)n(Cc2ccc(C(=O)NO)cc2F)c2ccccc12. The lowest BCUT2D eigenvalue weighted by atomic mass is 10.1. The number of hydroxylamine groups is 1. The van der Waals surface area contributed by atoms with Gasteiger partial charge in [-0.1, -0.05) is 36.9 Å². The fraction of sp³-hybridized carbons (Fsp3) is 0.105. The van der Waals surface area contributed by atoms with Crippen molar-refractivity contribution >= 4 is 22.9 Å². The molecule has 0 aliphatic rings. The van der Waals surface area contributed by atoms with Crippen LogP contribution in [0, 0.1) is 12.7 Å². The molecule has 4 nitrogen and oxygen atoms in total. The summed E-state index contributed by atoms with van der Waals surface area (Å²) in [4.78, 5) is 11.4. The van der Waals surface area contributed by atoms with Gasteiger partial charge in [0.25, 0.3) is 5.91 Å². The number of halogens is 1. The average molecular weight is 324 g/mol. The highest BCUT2D eigenvalue weighted by Crippen LogP contribution is 2.28. The van der Waals surface area contributed by atoms with Crippen LogP contribution in [-0.2, 0) is 6.54 Å². The highest BCUT2D eigenvalue weighted by Gasteiger charge is 2.14. The number of nitrogens with one attached hydrogen (secondary N) is 1. The number of fused-ring (bicyclic) bond motifs is 1. The molecular weight excluding hydrogens is 307 g/mol. The fourth-order valence-corrected chi connectivity index (χ4v) is 2.97. The summed E-state index contributed by atoms with van der Waals surface area (Å²) in [7, 11) is 0. The minimum Gasteiger partial charge on any atom is -0.340 e. The number of carbonyl (C=O) groups excluding carboxylic acids is 1. The van der Waals surface area contributed by atoms with E-state index in [-0.39, 0.29) is 5.56 Å². The van der Waals surface area contributed by atoms with Crippen LogP contribution in [0.5, 0.6) is 0 Å². The van der Waals surface area contributed by atoms with E-state index < -0.39 is 11.7 Å². The first-order valence-electron chi connectivity index (χ1n) is 7.50. The molecular formula is C19H17FN2O2. The van der Waals surface area contributed by atoms with Gasteiger partial charge in [-0.25, -0.2) is 9.87 Å². The lowest BCUT2D eigenvalue weighted by Crippen LogP contribution is -2.19. The van der Waals surface area contributed by atoms with Crippen LogP contribution in [0.4, 0.5) is 4.39 Å². The summed E-state index contributed by atoms with van der Waals surface area (Å²) >= 11 is 0. The van der Waals surface area contributed by atoms with Gasteiger partial charge in [-0.05, 0) is 25.1 Å². The molecule has 0 unspecified atom stereocenters. The number of hydrogen-bond acceptors (Lipinski definition) is 2. The summed E-state index contributed by atoms with van der Waals surface area (Å²) in [5, 5.41) is 9.70. The standard InChI is InChI=1S/C19H17FN2O2/c1-3-15-12(2)22(18-7-5-4-6-16(15)18)11-14-9-8-13(10-17(14)20)19(23)21-24/h3-10,24H,1,11H2,2H3,(H,21,23). The molecule has 0 saturated heterocycles. The van der Waals surface area contributed by atoms with Crippen LogP contribution >= 0.6 is 0 Å². The fourth-order valence-electron chi connectivity index (χ4n) is 2.97. The highest BCUT2D eigenvalue weighted by molar-refractivity contribution is 5.93. The molecule has 0 bridgehead atoms. The Hall–Kier alpha value is -2.92. The van der Waals surface area contributed by atoms with Crippen LogP contribution in [0.2, 0.25) is 0 Å². The van der Waals surface area contributed by atoms with Gasteiger partial charge in [-0.2, -0.15) is 0 Å². The molecule has 0 atom stereocenters. The maximum absolute atomic E-state index is 14.4. The molecule has 0 aliphatic carbocycles. The van der Waals surface area contributed by atoms with E-state index in [0.717, 1.165) is 28.2 Å². The average Bonchev–Trinajstić information content (AvgIpc) is 2.87. The predicted molar refractivity (Wildman–Crippen MR) is 91.5 cm³/mol. The summed E-state index contributed by atoms with van der Waals surface area (Å²) in [5.41, 5.74) is 5.06. The number of amides is 1. The van der Waals surface area contributed by atoms with Crippen molar-refractivity contribution in [2.24, 2.45) is 0 Å². The molecule has 5 heteroatoms. The van der Waals surface area contributed by atoms with E-state index in [0.29, 0.717) is 12.1 Å². The number of nitrogens with zero attached hydrogens (tertiary/aromatic N) is 1. The van der Waals surface area contributed by atoms with E-state index >= 15 is 0 Å². The molecule has 1 amide bonds. The summed E-state index contributed by atoms with van der Waals surface area (Å²) in [5.74, 6) is -1.23. The van der Waals surface area contributed by atoms with Crippen LogP contribution in [0.25, 0.3) is 17.0 Å². The molecule has 0 radical (unpaired) electrons. The minimum absolute atomic E-state index is 0.0691. The molecule has 122 valence electrons. The van der Waals surface area contributed by atoms with E-state index in [1.807, 2.05) is 35.8 Å². The Morgan fingerprint density at radius 1 is 1.33 bits per heavy atom. The van der Waals surface area contributed by atoms with E-state index in [4.69, 9.17) is 5.21 Å². The van der Waals surface area contributed by atoms with Gasteiger partial charge in [0, 0.05) is 33.3 Å². The second-order valence-electron chi connectivity index (χ2n) is 5.55. The number of aromatic nitrogens is 1. The van der Waals surface area contributed by atoms with Crippen molar-refractivity contribution < 1.29 is 14.4 Å². The number of hydrogen-bond donors (Lipinski definition) is 2. The lowest BCUT2D eigenvalue weighted by Gasteiger charge is -2.10. The van der Waals surface area contributed by atoms with Gasteiger partial charge in [-0.15, -0.1) is 0 Å². The quantitative estimate of drug-likeness (QED) is 0.565. The van der Waals surface area contributed by atoms with Gasteiger partial charge >= 0.3 is 0 Å². The number of para-hydroxylation sites is 1. The van der Waals surface area contributed by atoms with Crippen LogP contribution < -0.4 is 5.48 Å². The Morgan fingerprint density at radius 3 is 2.75 bits per heavy atom. The molecule has 0 fully saturated rings. The van der Waals surface area contributed by atoms with E-state index in [2.05, 4.69) is 6.58 Å². The summed E-state index contributed by atoms with van der Waals surface area (Å²) < 4.78 is 16.4. The van der Waals surface area contributed by atoms with Crippen molar-refractivity contribution in [3.8, 4) is 0 Å². The van der Waals surface area contributed by atoms with Gasteiger partial charge in [-0.3, -0.25) is 10.0 Å². The van der Waals surface area contributed by atoms with Crippen LogP contribution in [0.3, 0.4) is 0 Å². The molecule has 0 spiro atoms. The van der Waals surface area contributed by atoms with Crippen LogP contribution in [0.15, 0.2) is 49.0 Å². The zero-order chi connectivity index (χ0) is 17.3. The molecule has 0 saturated carbocycles. The Bertz CT molecular complexity index is 944. The van der Waals surface area contributed by atoms with Crippen molar-refractivity contribution in [2.45, 2.75) is 13.5 Å². The normalized spacial score (nSPS) is 10.8. The lowest BCUT2D eigenvalue weighted by molar-refractivity contribution is 0.0706. The smallest absolute Gasteiger partial charge is 0.274 e. The Labute approximate surface area is 138 Å². The topological polar surface area (TPSA) is 54.3 Å². The molecule has 24 heavy (non-hydrogen) atoms. The number of rotatable bonds is 4. The highest BCUT2D eigenvalue weighted by atomic mass is 19.1. The van der Waals surface area contributed by atoms with Gasteiger partial charge < -0.3 is 4.57 Å². The van der Waals surface area contributed by atoms with Crippen molar-refractivity contribution in [3.63, 3.8) is 0 Å². The van der Waals surface area contributed by atoms with Gasteiger partial charge in [0.1, 0.15) is 5.82 Å². The zero-order valence-corrected chi connectivity index (χ0v) is 13.2. The first kappa shape index (κ1) is 16.0. The van der Waals surface area contributed by atoms with Crippen molar-refractivity contribution in [1.82, 2.24) is 10.0 Å². The molecule has 2 aromatic carbocycles. The first-order valence-corrected chi connectivity index (χ1v) is 7.50. The van der Waals surface area contributed by atoms with Gasteiger partial charge in [0.15, 0.2) is 0 Å².